The number of nitrogens with one attached hydrogen (secondary N) is 1. The molecule has 0 heterocycles. The first-order chi connectivity index (χ1) is 8.59. The number of carbonyl (C=O) groups is 1. The fourth-order valence-corrected chi connectivity index (χ4v) is 1.63. The molecule has 4 nitrogen and oxygen atoms in total. The van der Waals surface area contributed by atoms with Gasteiger partial charge in [0.05, 0.1) is 6.61 Å². The lowest BCUT2D eigenvalue weighted by atomic mass is 9.90. The fraction of sp³-hybridized carbons (Fsp3) is 0.500. The van der Waals surface area contributed by atoms with Crippen molar-refractivity contribution in [3.05, 3.63) is 35.9 Å². The molecule has 1 rings (SSSR count). The fourth-order valence-electron chi connectivity index (χ4n) is 1.63. The molecule has 0 fully saturated rings. The minimum absolute atomic E-state index is 0.169. The molecule has 4 heteroatoms. The van der Waals surface area contributed by atoms with Gasteiger partial charge in [-0.3, -0.25) is 9.63 Å². The smallest absolute Gasteiger partial charge is 0.245 e. The molecule has 1 aromatic rings. The van der Waals surface area contributed by atoms with Gasteiger partial charge in [-0.2, -0.15) is 0 Å². The first kappa shape index (κ1) is 14.7. The maximum Gasteiger partial charge on any atom is 0.245 e. The van der Waals surface area contributed by atoms with Crippen molar-refractivity contribution in [2.75, 3.05) is 0 Å². The summed E-state index contributed by atoms with van der Waals surface area (Å²) in [5, 5.41) is 0. The predicted octanol–water partition coefficient (Wildman–Crippen LogP) is 2.14. The summed E-state index contributed by atoms with van der Waals surface area (Å²) in [6.07, 6.45) is 1.83. The van der Waals surface area contributed by atoms with Gasteiger partial charge in [0.25, 0.3) is 0 Å². The van der Waals surface area contributed by atoms with E-state index < -0.39 is 5.54 Å². The second-order valence-corrected chi connectivity index (χ2v) is 4.55. The van der Waals surface area contributed by atoms with E-state index >= 15 is 0 Å². The Labute approximate surface area is 108 Å². The molecule has 100 valence electrons. The number of hydroxylamine groups is 1. The van der Waals surface area contributed by atoms with Crippen LogP contribution in [0.2, 0.25) is 0 Å². The van der Waals surface area contributed by atoms with Crippen LogP contribution in [0.3, 0.4) is 0 Å². The monoisotopic (exact) mass is 250 g/mol. The molecule has 0 saturated carbocycles. The molecule has 0 radical (unpaired) electrons. The summed E-state index contributed by atoms with van der Waals surface area (Å²) in [4.78, 5) is 16.8. The van der Waals surface area contributed by atoms with Crippen molar-refractivity contribution in [3.8, 4) is 0 Å². The highest BCUT2D eigenvalue weighted by Crippen LogP contribution is 2.15. The molecule has 0 aliphatic heterocycles. The lowest BCUT2D eigenvalue weighted by Gasteiger charge is -2.25. The molecule has 1 amide bonds. The Morgan fingerprint density at radius 2 is 1.89 bits per heavy atom. The minimum Gasteiger partial charge on any atom is -0.325 e. The van der Waals surface area contributed by atoms with Crippen LogP contribution in [0, 0.1) is 0 Å². The maximum absolute atomic E-state index is 11.7. The summed E-state index contributed by atoms with van der Waals surface area (Å²) in [5.74, 6) is -0.169. The minimum atomic E-state index is -0.430. The SMILES string of the molecule is CCC(N)(CC)CC(=O)NOCc1ccccc1. The van der Waals surface area contributed by atoms with Gasteiger partial charge in [0, 0.05) is 12.0 Å². The van der Waals surface area contributed by atoms with E-state index in [1.807, 2.05) is 44.2 Å². The van der Waals surface area contributed by atoms with Gasteiger partial charge >= 0.3 is 0 Å². The summed E-state index contributed by atoms with van der Waals surface area (Å²) in [5.41, 5.74) is 9.09. The van der Waals surface area contributed by atoms with Crippen molar-refractivity contribution < 1.29 is 9.63 Å². The van der Waals surface area contributed by atoms with Gasteiger partial charge in [-0.05, 0) is 18.4 Å². The average molecular weight is 250 g/mol. The third-order valence-electron chi connectivity index (χ3n) is 3.19. The summed E-state index contributed by atoms with van der Waals surface area (Å²) in [6.45, 7) is 4.34. The van der Waals surface area contributed by atoms with Crippen LogP contribution in [0.25, 0.3) is 0 Å². The molecule has 0 aromatic heterocycles. The molecule has 3 N–H and O–H groups in total. The molecule has 0 atom stereocenters. The van der Waals surface area contributed by atoms with Crippen molar-refractivity contribution in [3.63, 3.8) is 0 Å². The number of hydrogen-bond acceptors (Lipinski definition) is 3. The van der Waals surface area contributed by atoms with Gasteiger partial charge in [0.1, 0.15) is 0 Å². The predicted molar refractivity (Wildman–Crippen MR) is 71.5 cm³/mol. The summed E-state index contributed by atoms with van der Waals surface area (Å²) in [6, 6.07) is 9.68. The third-order valence-corrected chi connectivity index (χ3v) is 3.19. The van der Waals surface area contributed by atoms with Crippen LogP contribution >= 0.6 is 0 Å². The molecular weight excluding hydrogens is 228 g/mol. The Balaban J connectivity index is 2.30. The molecule has 18 heavy (non-hydrogen) atoms. The van der Waals surface area contributed by atoms with E-state index in [9.17, 15) is 4.79 Å². The van der Waals surface area contributed by atoms with Crippen molar-refractivity contribution in [1.29, 1.82) is 0 Å². The quantitative estimate of drug-likeness (QED) is 0.729. The van der Waals surface area contributed by atoms with E-state index in [4.69, 9.17) is 10.6 Å². The summed E-state index contributed by atoms with van der Waals surface area (Å²) in [7, 11) is 0. The molecule has 0 aliphatic carbocycles. The standard InChI is InChI=1S/C14H22N2O2/c1-3-14(15,4-2)10-13(17)16-18-11-12-8-6-5-7-9-12/h5-9H,3-4,10-11,15H2,1-2H3,(H,16,17). The molecular formula is C14H22N2O2. The number of carbonyl (C=O) groups excluding carboxylic acids is 1. The Kier molecular flexibility index (Phi) is 5.82. The van der Waals surface area contributed by atoms with E-state index in [1.54, 1.807) is 0 Å². The van der Waals surface area contributed by atoms with Crippen LogP contribution < -0.4 is 11.2 Å². The number of hydrogen-bond donors (Lipinski definition) is 2. The zero-order chi connectivity index (χ0) is 13.4. The Hall–Kier alpha value is -1.39. The zero-order valence-corrected chi connectivity index (χ0v) is 11.1. The lowest BCUT2D eigenvalue weighted by Crippen LogP contribution is -2.43. The molecule has 0 saturated heterocycles. The van der Waals surface area contributed by atoms with Gasteiger partial charge in [-0.15, -0.1) is 0 Å². The van der Waals surface area contributed by atoms with Crippen LogP contribution in [0.1, 0.15) is 38.7 Å². The van der Waals surface area contributed by atoms with E-state index in [2.05, 4.69) is 5.48 Å². The van der Waals surface area contributed by atoms with Crippen LogP contribution in [0.4, 0.5) is 0 Å². The van der Waals surface area contributed by atoms with Crippen molar-refractivity contribution >= 4 is 5.91 Å². The average Bonchev–Trinajstić information content (AvgIpc) is 2.40. The first-order valence-corrected chi connectivity index (χ1v) is 6.33. The summed E-state index contributed by atoms with van der Waals surface area (Å²) < 4.78 is 0. The van der Waals surface area contributed by atoms with Crippen molar-refractivity contribution in [1.82, 2.24) is 5.48 Å². The molecule has 0 spiro atoms. The van der Waals surface area contributed by atoms with Gasteiger partial charge in [0.2, 0.25) is 5.91 Å². The Bertz CT molecular complexity index is 361. The molecule has 0 bridgehead atoms. The van der Waals surface area contributed by atoms with Crippen LogP contribution in [-0.4, -0.2) is 11.4 Å². The number of benzene rings is 1. The molecule has 0 unspecified atom stereocenters. The first-order valence-electron chi connectivity index (χ1n) is 6.33. The third kappa shape index (κ3) is 4.85. The molecule has 1 aromatic carbocycles. The van der Waals surface area contributed by atoms with Crippen molar-refractivity contribution in [2.24, 2.45) is 5.73 Å². The Morgan fingerprint density at radius 1 is 1.28 bits per heavy atom. The van der Waals surface area contributed by atoms with Crippen LogP contribution in [-0.2, 0) is 16.2 Å². The van der Waals surface area contributed by atoms with Gasteiger partial charge in [-0.25, -0.2) is 5.48 Å². The highest BCUT2D eigenvalue weighted by molar-refractivity contribution is 5.76. The normalized spacial score (nSPS) is 11.3. The number of rotatable bonds is 7. The highest BCUT2D eigenvalue weighted by Gasteiger charge is 2.23. The van der Waals surface area contributed by atoms with E-state index in [1.165, 1.54) is 0 Å². The van der Waals surface area contributed by atoms with Gasteiger partial charge in [0.15, 0.2) is 0 Å². The zero-order valence-electron chi connectivity index (χ0n) is 11.1. The second kappa shape index (κ2) is 7.13. The second-order valence-electron chi connectivity index (χ2n) is 4.55. The topological polar surface area (TPSA) is 64.4 Å². The van der Waals surface area contributed by atoms with E-state index in [-0.39, 0.29) is 12.3 Å². The van der Waals surface area contributed by atoms with E-state index in [0.29, 0.717) is 6.61 Å². The Morgan fingerprint density at radius 3 is 2.44 bits per heavy atom. The van der Waals surface area contributed by atoms with Crippen molar-refractivity contribution in [2.45, 2.75) is 45.3 Å². The number of amides is 1. The largest absolute Gasteiger partial charge is 0.325 e. The highest BCUT2D eigenvalue weighted by atomic mass is 16.6. The lowest BCUT2D eigenvalue weighted by molar-refractivity contribution is -0.135. The van der Waals surface area contributed by atoms with Gasteiger partial charge < -0.3 is 5.73 Å². The molecule has 0 aliphatic rings. The summed E-state index contributed by atoms with van der Waals surface area (Å²) >= 11 is 0. The van der Waals surface area contributed by atoms with Crippen LogP contribution in [0.15, 0.2) is 30.3 Å². The maximum atomic E-state index is 11.7. The van der Waals surface area contributed by atoms with Gasteiger partial charge in [-0.1, -0.05) is 44.2 Å². The number of nitrogens with two attached hydrogens (primary N) is 1. The van der Waals surface area contributed by atoms with E-state index in [0.717, 1.165) is 18.4 Å². The van der Waals surface area contributed by atoms with Crippen LogP contribution in [0.5, 0.6) is 0 Å².